The molecule has 1 aromatic rings. The maximum absolute atomic E-state index is 11.7. The number of amides is 1. The molecule has 0 radical (unpaired) electrons. The van der Waals surface area contributed by atoms with Crippen LogP contribution in [0.25, 0.3) is 0 Å². The van der Waals surface area contributed by atoms with E-state index in [0.717, 1.165) is 18.5 Å². The minimum atomic E-state index is -0.119. The normalized spacial score (nSPS) is 14.1. The van der Waals surface area contributed by atoms with Crippen molar-refractivity contribution in [3.63, 3.8) is 0 Å². The van der Waals surface area contributed by atoms with Crippen molar-refractivity contribution < 1.29 is 4.79 Å². The van der Waals surface area contributed by atoms with Gasteiger partial charge in [0, 0.05) is 18.1 Å². The second-order valence-corrected chi connectivity index (χ2v) is 5.38. The molecule has 0 saturated carbocycles. The molecule has 0 bridgehead atoms. The number of hydrogen-bond donors (Lipinski definition) is 2. The highest BCUT2D eigenvalue weighted by Crippen LogP contribution is 2.29. The van der Waals surface area contributed by atoms with Crippen molar-refractivity contribution in [2.75, 3.05) is 20.1 Å². The van der Waals surface area contributed by atoms with Crippen LogP contribution in [0.1, 0.15) is 31.9 Å². The molecule has 4 nitrogen and oxygen atoms in total. The van der Waals surface area contributed by atoms with E-state index in [1.54, 1.807) is 7.05 Å². The smallest absolute Gasteiger partial charge is 0.233 e. The largest absolute Gasteiger partial charge is 0.358 e. The Labute approximate surface area is 126 Å². The van der Waals surface area contributed by atoms with Gasteiger partial charge < -0.3 is 11.1 Å². The Kier molecular flexibility index (Phi) is 6.99. The average molecular weight is 298 g/mol. The van der Waals surface area contributed by atoms with Gasteiger partial charge in [0.25, 0.3) is 0 Å². The molecular formula is C15H24ClN3O. The fourth-order valence-corrected chi connectivity index (χ4v) is 2.64. The zero-order valence-corrected chi connectivity index (χ0v) is 13.2. The van der Waals surface area contributed by atoms with Crippen LogP contribution in [0.3, 0.4) is 0 Å². The fourth-order valence-electron chi connectivity index (χ4n) is 2.39. The van der Waals surface area contributed by atoms with Crippen LogP contribution in [0.4, 0.5) is 0 Å². The van der Waals surface area contributed by atoms with Gasteiger partial charge in [-0.1, -0.05) is 36.7 Å². The van der Waals surface area contributed by atoms with Gasteiger partial charge in [0.05, 0.1) is 12.6 Å². The molecule has 0 aliphatic rings. The lowest BCUT2D eigenvalue weighted by atomic mass is 9.98. The summed E-state index contributed by atoms with van der Waals surface area (Å²) in [5.74, 6) is -0.0175. The Bertz CT molecular complexity index is 437. The Balaban J connectivity index is 3.08. The van der Waals surface area contributed by atoms with Gasteiger partial charge in [-0.3, -0.25) is 9.69 Å². The number of likely N-dealkylation sites (N-methyl/N-ethyl adjacent to an activating group) is 1. The van der Waals surface area contributed by atoms with E-state index in [-0.39, 0.29) is 18.0 Å². The molecule has 1 rings (SSSR count). The Morgan fingerprint density at radius 3 is 2.60 bits per heavy atom. The van der Waals surface area contributed by atoms with Gasteiger partial charge in [0.15, 0.2) is 0 Å². The van der Waals surface area contributed by atoms with Crippen molar-refractivity contribution in [1.82, 2.24) is 10.2 Å². The van der Waals surface area contributed by atoms with E-state index < -0.39 is 0 Å². The van der Waals surface area contributed by atoms with Crippen LogP contribution < -0.4 is 11.1 Å². The van der Waals surface area contributed by atoms with Crippen molar-refractivity contribution >= 4 is 17.5 Å². The summed E-state index contributed by atoms with van der Waals surface area (Å²) in [5, 5.41) is 3.35. The predicted octanol–water partition coefficient (Wildman–Crippen LogP) is 2.19. The van der Waals surface area contributed by atoms with Gasteiger partial charge in [-0.2, -0.15) is 0 Å². The molecule has 0 aliphatic heterocycles. The molecule has 0 fully saturated rings. The predicted molar refractivity (Wildman–Crippen MR) is 83.8 cm³/mol. The highest BCUT2D eigenvalue weighted by Gasteiger charge is 2.26. The molecule has 1 aromatic carbocycles. The van der Waals surface area contributed by atoms with Crippen LogP contribution in [-0.4, -0.2) is 37.0 Å². The average Bonchev–Trinajstić information content (AvgIpc) is 2.41. The van der Waals surface area contributed by atoms with E-state index in [1.807, 2.05) is 31.2 Å². The van der Waals surface area contributed by atoms with Crippen LogP contribution >= 0.6 is 11.6 Å². The molecule has 20 heavy (non-hydrogen) atoms. The van der Waals surface area contributed by atoms with Crippen molar-refractivity contribution in [3.8, 4) is 0 Å². The van der Waals surface area contributed by atoms with Crippen molar-refractivity contribution in [2.24, 2.45) is 5.73 Å². The van der Waals surface area contributed by atoms with Crippen LogP contribution in [-0.2, 0) is 4.79 Å². The number of halogens is 1. The number of nitrogens with two attached hydrogens (primary N) is 1. The summed E-state index contributed by atoms with van der Waals surface area (Å²) in [6.45, 7) is 5.15. The zero-order chi connectivity index (χ0) is 15.1. The lowest BCUT2D eigenvalue weighted by molar-refractivity contribution is -0.122. The molecule has 3 N–H and O–H groups in total. The molecule has 0 saturated heterocycles. The minimum absolute atomic E-state index is 0.0175. The number of nitrogens with zero attached hydrogens (tertiary/aromatic N) is 1. The first kappa shape index (κ1) is 17.0. The van der Waals surface area contributed by atoms with E-state index in [0.29, 0.717) is 11.6 Å². The zero-order valence-electron chi connectivity index (χ0n) is 12.4. The van der Waals surface area contributed by atoms with E-state index in [2.05, 4.69) is 17.1 Å². The molecule has 1 amide bonds. The number of nitrogens with one attached hydrogen (secondary N) is 1. The summed E-state index contributed by atoms with van der Waals surface area (Å²) >= 11 is 6.29. The maximum atomic E-state index is 11.7. The second-order valence-electron chi connectivity index (χ2n) is 4.97. The first-order valence-electron chi connectivity index (χ1n) is 6.95. The van der Waals surface area contributed by atoms with Gasteiger partial charge in [0.1, 0.15) is 0 Å². The van der Waals surface area contributed by atoms with Gasteiger partial charge in [-0.25, -0.2) is 0 Å². The number of carbonyl (C=O) groups excluding carboxylic acids is 1. The van der Waals surface area contributed by atoms with Crippen LogP contribution in [0.15, 0.2) is 24.3 Å². The molecule has 0 aromatic heterocycles. The monoisotopic (exact) mass is 297 g/mol. The fraction of sp³-hybridized carbons (Fsp3) is 0.533. The highest BCUT2D eigenvalue weighted by molar-refractivity contribution is 6.31. The van der Waals surface area contributed by atoms with Crippen molar-refractivity contribution in [3.05, 3.63) is 34.9 Å². The summed E-state index contributed by atoms with van der Waals surface area (Å²) in [6.07, 6.45) is 0.949. The number of hydrogen-bond acceptors (Lipinski definition) is 3. The summed E-state index contributed by atoms with van der Waals surface area (Å²) in [7, 11) is 1.64. The molecule has 112 valence electrons. The SMILES string of the molecule is CCCN(CC(=O)NC)C(c1ccccc1Cl)C(C)N. The highest BCUT2D eigenvalue weighted by atomic mass is 35.5. The molecule has 0 spiro atoms. The first-order valence-corrected chi connectivity index (χ1v) is 7.33. The summed E-state index contributed by atoms with van der Waals surface area (Å²) < 4.78 is 0. The number of benzene rings is 1. The first-order chi connectivity index (χ1) is 9.51. The number of rotatable bonds is 7. The summed E-state index contributed by atoms with van der Waals surface area (Å²) in [5.41, 5.74) is 7.13. The molecule has 2 unspecified atom stereocenters. The Morgan fingerprint density at radius 2 is 2.10 bits per heavy atom. The third kappa shape index (κ3) is 4.47. The van der Waals surface area contributed by atoms with Gasteiger partial charge in [-0.15, -0.1) is 0 Å². The minimum Gasteiger partial charge on any atom is -0.358 e. The van der Waals surface area contributed by atoms with Gasteiger partial charge in [0.2, 0.25) is 5.91 Å². The van der Waals surface area contributed by atoms with E-state index >= 15 is 0 Å². The third-order valence-electron chi connectivity index (χ3n) is 3.25. The lowest BCUT2D eigenvalue weighted by Gasteiger charge is -2.34. The molecular weight excluding hydrogens is 274 g/mol. The van der Waals surface area contributed by atoms with Crippen molar-refractivity contribution in [1.29, 1.82) is 0 Å². The summed E-state index contributed by atoms with van der Waals surface area (Å²) in [4.78, 5) is 13.8. The summed E-state index contributed by atoms with van der Waals surface area (Å²) in [6, 6.07) is 7.49. The van der Waals surface area contributed by atoms with Gasteiger partial charge >= 0.3 is 0 Å². The standard InChI is InChI=1S/C15H24ClN3O/c1-4-9-19(10-14(20)18-3)15(11(2)17)12-7-5-6-8-13(12)16/h5-8,11,15H,4,9-10,17H2,1-3H3,(H,18,20). The Hall–Kier alpha value is -1.10. The second kappa shape index (κ2) is 8.25. The van der Waals surface area contributed by atoms with Gasteiger partial charge in [-0.05, 0) is 31.5 Å². The maximum Gasteiger partial charge on any atom is 0.233 e. The molecule has 5 heteroatoms. The van der Waals surface area contributed by atoms with E-state index in [1.165, 1.54) is 0 Å². The number of carbonyl (C=O) groups is 1. The Morgan fingerprint density at radius 1 is 1.45 bits per heavy atom. The quantitative estimate of drug-likeness (QED) is 0.811. The third-order valence-corrected chi connectivity index (χ3v) is 3.60. The van der Waals surface area contributed by atoms with Crippen molar-refractivity contribution in [2.45, 2.75) is 32.4 Å². The van der Waals surface area contributed by atoms with Crippen LogP contribution in [0, 0.1) is 0 Å². The van der Waals surface area contributed by atoms with Crippen LogP contribution in [0.5, 0.6) is 0 Å². The van der Waals surface area contributed by atoms with E-state index in [9.17, 15) is 4.79 Å². The lowest BCUT2D eigenvalue weighted by Crippen LogP contribution is -2.44. The molecule has 0 aliphatic carbocycles. The molecule has 0 heterocycles. The van der Waals surface area contributed by atoms with Crippen LogP contribution in [0.2, 0.25) is 5.02 Å². The topological polar surface area (TPSA) is 58.4 Å². The molecule has 2 atom stereocenters. The van der Waals surface area contributed by atoms with E-state index in [4.69, 9.17) is 17.3 Å².